The second kappa shape index (κ2) is 5.92. The van der Waals surface area contributed by atoms with Gasteiger partial charge in [0.05, 0.1) is 0 Å². The van der Waals surface area contributed by atoms with Crippen LogP contribution < -0.4 is 5.32 Å². The summed E-state index contributed by atoms with van der Waals surface area (Å²) < 4.78 is 25.3. The van der Waals surface area contributed by atoms with Crippen LogP contribution in [-0.2, 0) is 0 Å². The first-order chi connectivity index (χ1) is 9.45. The number of halogens is 3. The van der Waals surface area contributed by atoms with Gasteiger partial charge < -0.3 is 5.32 Å². The molecule has 1 amide bonds. The van der Waals surface area contributed by atoms with Gasteiger partial charge in [0.1, 0.15) is 17.2 Å². The van der Waals surface area contributed by atoms with Gasteiger partial charge >= 0.3 is 0 Å². The average molecular weight is 298 g/mol. The van der Waals surface area contributed by atoms with E-state index in [1.165, 1.54) is 6.92 Å². The quantitative estimate of drug-likeness (QED) is 0.941. The number of aryl methyl sites for hydroxylation is 1. The van der Waals surface area contributed by atoms with E-state index in [0.717, 1.165) is 6.07 Å². The SMILES string of the molecule is Cc1nc(C(=O)Nc2ccc(Cl)cc2)cc(C(F)F)n1. The number of nitrogens with zero attached hydrogens (tertiary/aromatic N) is 2. The lowest BCUT2D eigenvalue weighted by molar-refractivity contribution is 0.102. The molecule has 1 aromatic carbocycles. The van der Waals surface area contributed by atoms with Crippen LogP contribution in [0.1, 0.15) is 28.4 Å². The van der Waals surface area contributed by atoms with E-state index in [9.17, 15) is 13.6 Å². The van der Waals surface area contributed by atoms with Gasteiger partial charge in [-0.2, -0.15) is 0 Å². The third kappa shape index (κ3) is 3.48. The van der Waals surface area contributed by atoms with Crippen molar-refractivity contribution in [2.24, 2.45) is 0 Å². The van der Waals surface area contributed by atoms with Crippen molar-refractivity contribution in [3.8, 4) is 0 Å². The Hall–Kier alpha value is -2.08. The summed E-state index contributed by atoms with van der Waals surface area (Å²) in [4.78, 5) is 19.4. The number of amides is 1. The smallest absolute Gasteiger partial charge is 0.280 e. The summed E-state index contributed by atoms with van der Waals surface area (Å²) in [6.45, 7) is 1.45. The normalized spacial score (nSPS) is 10.7. The number of benzene rings is 1. The molecule has 1 N–H and O–H groups in total. The van der Waals surface area contributed by atoms with E-state index in [1.807, 2.05) is 0 Å². The Bertz CT molecular complexity index is 632. The number of carbonyl (C=O) groups excluding carboxylic acids is 1. The van der Waals surface area contributed by atoms with Crippen LogP contribution in [0.2, 0.25) is 5.02 Å². The molecule has 0 aliphatic rings. The number of anilines is 1. The minimum absolute atomic E-state index is 0.109. The molecule has 1 aromatic heterocycles. The standard InChI is InChI=1S/C13H10ClF2N3O/c1-7-17-10(12(15)16)6-11(18-7)13(20)19-9-4-2-8(14)3-5-9/h2-6,12H,1H3,(H,19,20). The lowest BCUT2D eigenvalue weighted by Gasteiger charge is -2.07. The summed E-state index contributed by atoms with van der Waals surface area (Å²) in [6, 6.07) is 7.38. The molecule has 2 rings (SSSR count). The Kier molecular flexibility index (Phi) is 4.24. The number of rotatable bonds is 3. The van der Waals surface area contributed by atoms with Crippen molar-refractivity contribution in [3.63, 3.8) is 0 Å². The largest absolute Gasteiger partial charge is 0.321 e. The number of nitrogens with one attached hydrogen (secondary N) is 1. The molecule has 0 bridgehead atoms. The second-order valence-corrected chi connectivity index (χ2v) is 4.42. The van der Waals surface area contributed by atoms with E-state index < -0.39 is 18.0 Å². The maximum Gasteiger partial charge on any atom is 0.280 e. The molecule has 4 nitrogen and oxygen atoms in total. The maximum absolute atomic E-state index is 12.6. The van der Waals surface area contributed by atoms with Gasteiger partial charge in [0, 0.05) is 10.7 Å². The van der Waals surface area contributed by atoms with E-state index in [2.05, 4.69) is 15.3 Å². The van der Waals surface area contributed by atoms with Crippen molar-refractivity contribution < 1.29 is 13.6 Å². The van der Waals surface area contributed by atoms with Gasteiger partial charge in [0.25, 0.3) is 12.3 Å². The van der Waals surface area contributed by atoms with Crippen molar-refractivity contribution in [2.75, 3.05) is 5.32 Å². The number of carbonyl (C=O) groups is 1. The molecule has 0 atom stereocenters. The Morgan fingerprint density at radius 1 is 1.25 bits per heavy atom. The molecule has 20 heavy (non-hydrogen) atoms. The molecule has 0 spiro atoms. The van der Waals surface area contributed by atoms with Crippen molar-refractivity contribution in [1.29, 1.82) is 0 Å². The molecule has 0 unspecified atom stereocenters. The molecule has 7 heteroatoms. The van der Waals surface area contributed by atoms with Crippen LogP contribution in [0.4, 0.5) is 14.5 Å². The van der Waals surface area contributed by atoms with Crippen LogP contribution in [0.25, 0.3) is 0 Å². The highest BCUT2D eigenvalue weighted by Crippen LogP contribution is 2.18. The highest BCUT2D eigenvalue weighted by Gasteiger charge is 2.15. The fourth-order valence-corrected chi connectivity index (χ4v) is 1.67. The van der Waals surface area contributed by atoms with Crippen LogP contribution in [0.3, 0.4) is 0 Å². The van der Waals surface area contributed by atoms with E-state index in [0.29, 0.717) is 10.7 Å². The topological polar surface area (TPSA) is 54.9 Å². The van der Waals surface area contributed by atoms with Crippen molar-refractivity contribution in [2.45, 2.75) is 13.3 Å². The minimum atomic E-state index is -2.75. The zero-order valence-electron chi connectivity index (χ0n) is 10.4. The van der Waals surface area contributed by atoms with E-state index in [4.69, 9.17) is 11.6 Å². The van der Waals surface area contributed by atoms with E-state index >= 15 is 0 Å². The molecule has 104 valence electrons. The first kappa shape index (κ1) is 14.3. The summed E-state index contributed by atoms with van der Waals surface area (Å²) >= 11 is 5.72. The molecule has 1 heterocycles. The number of aromatic nitrogens is 2. The number of hydrogen-bond acceptors (Lipinski definition) is 3. The predicted octanol–water partition coefficient (Wildman–Crippen LogP) is 3.63. The van der Waals surface area contributed by atoms with Gasteiger partial charge in [-0.15, -0.1) is 0 Å². The van der Waals surface area contributed by atoms with Crippen molar-refractivity contribution in [1.82, 2.24) is 9.97 Å². The minimum Gasteiger partial charge on any atom is -0.321 e. The van der Waals surface area contributed by atoms with Crippen molar-refractivity contribution >= 4 is 23.2 Å². The zero-order chi connectivity index (χ0) is 14.7. The number of alkyl halides is 2. The summed E-state index contributed by atoms with van der Waals surface area (Å²) in [5.41, 5.74) is -0.0873. The van der Waals surface area contributed by atoms with Gasteiger partial charge in [-0.25, -0.2) is 18.7 Å². The van der Waals surface area contributed by atoms with Crippen LogP contribution in [0.15, 0.2) is 30.3 Å². The Labute approximate surface area is 118 Å². The summed E-state index contributed by atoms with van der Waals surface area (Å²) in [6.07, 6.45) is -2.75. The molecular formula is C13H10ClF2N3O. The summed E-state index contributed by atoms with van der Waals surface area (Å²) in [7, 11) is 0. The monoisotopic (exact) mass is 297 g/mol. The van der Waals surface area contributed by atoms with Crippen molar-refractivity contribution in [3.05, 3.63) is 52.6 Å². The molecular weight excluding hydrogens is 288 g/mol. The van der Waals surface area contributed by atoms with Gasteiger partial charge in [-0.05, 0) is 37.3 Å². The van der Waals surface area contributed by atoms with Crippen LogP contribution in [0, 0.1) is 6.92 Å². The molecule has 0 fully saturated rings. The summed E-state index contributed by atoms with van der Waals surface area (Å²) in [5, 5.41) is 3.07. The molecule has 0 aliphatic heterocycles. The summed E-state index contributed by atoms with van der Waals surface area (Å²) in [5.74, 6) is -0.469. The van der Waals surface area contributed by atoms with Gasteiger partial charge in [-0.3, -0.25) is 4.79 Å². The maximum atomic E-state index is 12.6. The zero-order valence-corrected chi connectivity index (χ0v) is 11.2. The molecule has 0 radical (unpaired) electrons. The Balaban J connectivity index is 2.22. The fraction of sp³-hybridized carbons (Fsp3) is 0.154. The van der Waals surface area contributed by atoms with Crippen LogP contribution in [0.5, 0.6) is 0 Å². The van der Waals surface area contributed by atoms with Crippen LogP contribution >= 0.6 is 11.6 Å². The highest BCUT2D eigenvalue weighted by molar-refractivity contribution is 6.30. The fourth-order valence-electron chi connectivity index (χ4n) is 1.55. The predicted molar refractivity (Wildman–Crippen MR) is 71.1 cm³/mol. The lowest BCUT2D eigenvalue weighted by Crippen LogP contribution is -2.15. The third-order valence-corrected chi connectivity index (χ3v) is 2.67. The third-order valence-electron chi connectivity index (χ3n) is 2.42. The second-order valence-electron chi connectivity index (χ2n) is 3.99. The van der Waals surface area contributed by atoms with Crippen LogP contribution in [-0.4, -0.2) is 15.9 Å². The average Bonchev–Trinajstić information content (AvgIpc) is 2.40. The molecule has 0 aliphatic carbocycles. The molecule has 0 saturated heterocycles. The van der Waals surface area contributed by atoms with Gasteiger partial charge in [0.15, 0.2) is 0 Å². The van der Waals surface area contributed by atoms with Gasteiger partial charge in [0.2, 0.25) is 0 Å². The van der Waals surface area contributed by atoms with E-state index in [-0.39, 0.29) is 11.5 Å². The van der Waals surface area contributed by atoms with E-state index in [1.54, 1.807) is 24.3 Å². The first-order valence-electron chi connectivity index (χ1n) is 5.66. The molecule has 2 aromatic rings. The molecule has 0 saturated carbocycles. The Morgan fingerprint density at radius 3 is 2.50 bits per heavy atom. The van der Waals surface area contributed by atoms with Gasteiger partial charge in [-0.1, -0.05) is 11.6 Å². The Morgan fingerprint density at radius 2 is 1.90 bits per heavy atom. The number of hydrogen-bond donors (Lipinski definition) is 1. The first-order valence-corrected chi connectivity index (χ1v) is 6.04. The highest BCUT2D eigenvalue weighted by atomic mass is 35.5. The lowest BCUT2D eigenvalue weighted by atomic mass is 10.2.